The third kappa shape index (κ3) is 2.81. The van der Waals surface area contributed by atoms with Gasteiger partial charge in [-0.3, -0.25) is 9.67 Å². The van der Waals surface area contributed by atoms with Crippen molar-refractivity contribution >= 4 is 20.9 Å². The number of sulfonamides is 1. The number of para-hydroxylation sites is 1. The van der Waals surface area contributed by atoms with Gasteiger partial charge in [-0.2, -0.15) is 5.10 Å². The summed E-state index contributed by atoms with van der Waals surface area (Å²) in [5, 5.41) is 5.48. The van der Waals surface area contributed by atoms with Crippen LogP contribution in [0.1, 0.15) is 17.1 Å². The van der Waals surface area contributed by atoms with Crippen LogP contribution in [-0.2, 0) is 16.6 Å². The van der Waals surface area contributed by atoms with Crippen LogP contribution in [-0.4, -0.2) is 41.6 Å². The Balaban J connectivity index is 2.01. The van der Waals surface area contributed by atoms with Crippen LogP contribution in [0.25, 0.3) is 10.9 Å². The molecule has 2 aromatic heterocycles. The maximum absolute atomic E-state index is 12.5. The highest BCUT2D eigenvalue weighted by Gasteiger charge is 2.26. The SMILES string of the molecule is Cc1nn(Cc2ccc3ccccc3n2)c(C)c1S(=O)(=O)N(C)C. The van der Waals surface area contributed by atoms with Gasteiger partial charge in [0.1, 0.15) is 4.90 Å². The Bertz CT molecular complexity index is 1010. The minimum absolute atomic E-state index is 0.272. The van der Waals surface area contributed by atoms with E-state index in [2.05, 4.69) is 10.1 Å². The van der Waals surface area contributed by atoms with Crippen LogP contribution in [0, 0.1) is 13.8 Å². The fraction of sp³-hybridized carbons (Fsp3) is 0.294. The Morgan fingerprint density at radius 1 is 1.08 bits per heavy atom. The Labute approximate surface area is 141 Å². The Kier molecular flexibility index (Phi) is 4.15. The minimum atomic E-state index is -3.51. The highest BCUT2D eigenvalue weighted by atomic mass is 32.2. The zero-order chi connectivity index (χ0) is 17.5. The van der Waals surface area contributed by atoms with Crippen LogP contribution in [0.3, 0.4) is 0 Å². The summed E-state index contributed by atoms with van der Waals surface area (Å²) in [6.07, 6.45) is 0. The van der Waals surface area contributed by atoms with Gasteiger partial charge in [0, 0.05) is 19.5 Å². The number of hydrogen-bond acceptors (Lipinski definition) is 4. The first kappa shape index (κ1) is 16.6. The lowest BCUT2D eigenvalue weighted by Gasteiger charge is -2.11. The van der Waals surface area contributed by atoms with Crippen LogP contribution in [0.2, 0.25) is 0 Å². The smallest absolute Gasteiger partial charge is 0.246 e. The molecule has 0 radical (unpaired) electrons. The van der Waals surface area contributed by atoms with Gasteiger partial charge < -0.3 is 0 Å². The monoisotopic (exact) mass is 344 g/mol. The molecule has 0 aliphatic carbocycles. The molecule has 0 aliphatic heterocycles. The van der Waals surface area contributed by atoms with Crippen molar-refractivity contribution in [2.45, 2.75) is 25.3 Å². The molecule has 0 bridgehead atoms. The van der Waals surface area contributed by atoms with E-state index >= 15 is 0 Å². The Hall–Kier alpha value is -2.25. The maximum atomic E-state index is 12.5. The third-order valence-electron chi connectivity index (χ3n) is 4.02. The van der Waals surface area contributed by atoms with Crippen molar-refractivity contribution in [3.63, 3.8) is 0 Å². The Morgan fingerprint density at radius 3 is 2.50 bits per heavy atom. The number of aryl methyl sites for hydroxylation is 1. The first-order chi connectivity index (χ1) is 11.3. The molecule has 0 saturated carbocycles. The summed E-state index contributed by atoms with van der Waals surface area (Å²) in [6, 6.07) is 11.9. The van der Waals surface area contributed by atoms with E-state index in [1.165, 1.54) is 18.4 Å². The normalized spacial score (nSPS) is 12.2. The molecule has 126 valence electrons. The molecule has 0 unspecified atom stereocenters. The number of pyridine rings is 1. The standard InChI is InChI=1S/C17H20N4O2S/c1-12-17(24(22,23)20(3)4)13(2)21(19-12)11-15-10-9-14-7-5-6-8-16(14)18-15/h5-10H,11H2,1-4H3. The number of aromatic nitrogens is 3. The van der Waals surface area contributed by atoms with Crippen molar-refractivity contribution < 1.29 is 8.42 Å². The second kappa shape index (κ2) is 5.99. The molecule has 0 N–H and O–H groups in total. The van der Waals surface area contributed by atoms with Crippen LogP contribution in [0.5, 0.6) is 0 Å². The van der Waals surface area contributed by atoms with E-state index < -0.39 is 10.0 Å². The topological polar surface area (TPSA) is 68.1 Å². The zero-order valence-electron chi connectivity index (χ0n) is 14.2. The van der Waals surface area contributed by atoms with Gasteiger partial charge in [-0.15, -0.1) is 0 Å². The highest BCUT2D eigenvalue weighted by molar-refractivity contribution is 7.89. The molecule has 3 aromatic rings. The molecule has 3 rings (SSSR count). The summed E-state index contributed by atoms with van der Waals surface area (Å²) in [4.78, 5) is 4.90. The zero-order valence-corrected chi connectivity index (χ0v) is 15.0. The summed E-state index contributed by atoms with van der Waals surface area (Å²) in [5.74, 6) is 0. The van der Waals surface area contributed by atoms with Crippen molar-refractivity contribution in [2.24, 2.45) is 0 Å². The van der Waals surface area contributed by atoms with Crippen molar-refractivity contribution in [3.05, 3.63) is 53.5 Å². The van der Waals surface area contributed by atoms with Gasteiger partial charge in [0.15, 0.2) is 0 Å². The molecule has 7 heteroatoms. The van der Waals surface area contributed by atoms with Gasteiger partial charge in [0.2, 0.25) is 10.0 Å². The predicted molar refractivity (Wildman–Crippen MR) is 93.4 cm³/mol. The van der Waals surface area contributed by atoms with Crippen molar-refractivity contribution in [1.29, 1.82) is 0 Å². The molecular weight excluding hydrogens is 324 g/mol. The number of hydrogen-bond donors (Lipinski definition) is 0. The lowest BCUT2D eigenvalue weighted by atomic mass is 10.2. The number of nitrogens with zero attached hydrogens (tertiary/aromatic N) is 4. The fourth-order valence-corrected chi connectivity index (χ4v) is 4.00. The second-order valence-corrected chi connectivity index (χ2v) is 8.03. The average molecular weight is 344 g/mol. The van der Waals surface area contributed by atoms with E-state index in [1.807, 2.05) is 36.4 Å². The summed E-state index contributed by atoms with van der Waals surface area (Å²) in [7, 11) is -0.466. The molecule has 24 heavy (non-hydrogen) atoms. The summed E-state index contributed by atoms with van der Waals surface area (Å²) < 4.78 is 27.9. The van der Waals surface area contributed by atoms with Gasteiger partial charge in [-0.25, -0.2) is 12.7 Å². The van der Waals surface area contributed by atoms with E-state index in [0.717, 1.165) is 16.6 Å². The number of benzene rings is 1. The molecule has 0 aliphatic rings. The maximum Gasteiger partial charge on any atom is 0.246 e. The molecule has 0 saturated heterocycles. The molecule has 0 amide bonds. The van der Waals surface area contributed by atoms with Gasteiger partial charge in [0.25, 0.3) is 0 Å². The molecule has 0 atom stereocenters. The summed E-state index contributed by atoms with van der Waals surface area (Å²) >= 11 is 0. The molecular formula is C17H20N4O2S. The van der Waals surface area contributed by atoms with Crippen molar-refractivity contribution in [2.75, 3.05) is 14.1 Å². The van der Waals surface area contributed by atoms with E-state index in [0.29, 0.717) is 17.9 Å². The summed E-state index contributed by atoms with van der Waals surface area (Å²) in [5.41, 5.74) is 2.88. The van der Waals surface area contributed by atoms with E-state index in [-0.39, 0.29) is 4.90 Å². The average Bonchev–Trinajstić information content (AvgIpc) is 2.81. The summed E-state index contributed by atoms with van der Waals surface area (Å²) in [6.45, 7) is 3.92. The van der Waals surface area contributed by atoms with Gasteiger partial charge in [-0.1, -0.05) is 24.3 Å². The van der Waals surface area contributed by atoms with Gasteiger partial charge in [0.05, 0.1) is 29.1 Å². The van der Waals surface area contributed by atoms with Crippen LogP contribution in [0.15, 0.2) is 41.3 Å². The lowest BCUT2D eigenvalue weighted by molar-refractivity contribution is 0.519. The fourth-order valence-electron chi connectivity index (χ4n) is 2.74. The molecule has 1 aromatic carbocycles. The van der Waals surface area contributed by atoms with E-state index in [1.54, 1.807) is 18.5 Å². The van der Waals surface area contributed by atoms with Crippen LogP contribution in [0.4, 0.5) is 0 Å². The first-order valence-corrected chi connectivity index (χ1v) is 9.06. The van der Waals surface area contributed by atoms with Gasteiger partial charge in [-0.05, 0) is 26.0 Å². The molecule has 0 fully saturated rings. The molecule has 2 heterocycles. The van der Waals surface area contributed by atoms with Crippen molar-refractivity contribution in [3.8, 4) is 0 Å². The largest absolute Gasteiger partial charge is 0.262 e. The number of fused-ring (bicyclic) bond motifs is 1. The molecule has 0 spiro atoms. The van der Waals surface area contributed by atoms with E-state index in [4.69, 9.17) is 0 Å². The third-order valence-corrected chi connectivity index (χ3v) is 6.09. The second-order valence-electron chi connectivity index (χ2n) is 5.94. The minimum Gasteiger partial charge on any atom is -0.262 e. The lowest BCUT2D eigenvalue weighted by Crippen LogP contribution is -2.23. The van der Waals surface area contributed by atoms with Crippen LogP contribution >= 0.6 is 0 Å². The van der Waals surface area contributed by atoms with Gasteiger partial charge >= 0.3 is 0 Å². The van der Waals surface area contributed by atoms with Crippen molar-refractivity contribution in [1.82, 2.24) is 19.1 Å². The first-order valence-electron chi connectivity index (χ1n) is 7.62. The molecule has 6 nitrogen and oxygen atoms in total. The predicted octanol–water partition coefficient (Wildman–Crippen LogP) is 2.35. The van der Waals surface area contributed by atoms with Crippen LogP contribution < -0.4 is 0 Å². The van der Waals surface area contributed by atoms with E-state index in [9.17, 15) is 8.42 Å². The highest BCUT2D eigenvalue weighted by Crippen LogP contribution is 2.22. The quantitative estimate of drug-likeness (QED) is 0.728. The number of rotatable bonds is 4. The Morgan fingerprint density at radius 2 is 1.79 bits per heavy atom.